The molecule has 0 aliphatic heterocycles. The molecule has 0 bridgehead atoms. The smallest absolute Gasteiger partial charge is 0.407 e. The van der Waals surface area contributed by atoms with E-state index in [4.69, 9.17) is 9.47 Å². The highest BCUT2D eigenvalue weighted by atomic mass is 16.6. The second-order valence-corrected chi connectivity index (χ2v) is 9.46. The van der Waals surface area contributed by atoms with Gasteiger partial charge in [0.2, 0.25) is 0 Å². The van der Waals surface area contributed by atoms with Crippen molar-refractivity contribution in [2.75, 3.05) is 13.2 Å². The maximum absolute atomic E-state index is 12.4. The molecule has 0 radical (unpaired) electrons. The molecule has 1 atom stereocenters. The maximum Gasteiger partial charge on any atom is 0.407 e. The van der Waals surface area contributed by atoms with E-state index in [1.165, 1.54) is 44.9 Å². The Balaban J connectivity index is 4.05. The zero-order chi connectivity index (χ0) is 21.4. The number of unbranched alkanes of at least 4 members (excludes halogenated alkanes) is 8. The number of alkyl carbamates (subject to hydrolysis) is 1. The fourth-order valence-electron chi connectivity index (χ4n) is 2.84. The first-order chi connectivity index (χ1) is 13.2. The van der Waals surface area contributed by atoms with E-state index in [9.17, 15) is 9.59 Å². The highest BCUT2D eigenvalue weighted by Crippen LogP contribution is 2.14. The van der Waals surface area contributed by atoms with Crippen molar-refractivity contribution < 1.29 is 19.1 Å². The van der Waals surface area contributed by atoms with Gasteiger partial charge in [-0.2, -0.15) is 0 Å². The van der Waals surface area contributed by atoms with Crippen molar-refractivity contribution in [1.82, 2.24) is 5.32 Å². The number of rotatable bonds is 15. The molecule has 0 aromatic carbocycles. The van der Waals surface area contributed by atoms with Crippen LogP contribution in [0.25, 0.3) is 0 Å². The molecule has 0 saturated heterocycles. The second-order valence-electron chi connectivity index (χ2n) is 9.46. The molecule has 5 heteroatoms. The summed E-state index contributed by atoms with van der Waals surface area (Å²) in [7, 11) is 0. The largest absolute Gasteiger partial charge is 0.464 e. The summed E-state index contributed by atoms with van der Waals surface area (Å²) in [6, 6.07) is -0.647. The Morgan fingerprint density at radius 1 is 0.857 bits per heavy atom. The van der Waals surface area contributed by atoms with E-state index in [1.807, 2.05) is 34.6 Å². The van der Waals surface area contributed by atoms with Gasteiger partial charge < -0.3 is 14.8 Å². The molecular weight excluding hydrogens is 354 g/mol. The van der Waals surface area contributed by atoms with Crippen LogP contribution >= 0.6 is 0 Å². The van der Waals surface area contributed by atoms with Crippen molar-refractivity contribution in [3.8, 4) is 0 Å². The molecule has 5 nitrogen and oxygen atoms in total. The lowest BCUT2D eigenvalue weighted by atomic mass is 9.99. The molecule has 0 fully saturated rings. The van der Waals surface area contributed by atoms with Crippen molar-refractivity contribution in [1.29, 1.82) is 0 Å². The van der Waals surface area contributed by atoms with Crippen LogP contribution in [-0.4, -0.2) is 31.3 Å². The summed E-state index contributed by atoms with van der Waals surface area (Å²) in [5.74, 6) is -0.0888. The van der Waals surface area contributed by atoms with Gasteiger partial charge >= 0.3 is 12.1 Å². The standard InChI is InChI=1S/C23H45NO4/c1-7-8-9-10-11-12-13-14-15-16-27-21(25)20(17-19(2)3)24-22(26)28-18-23(4,5)6/h19-20H,7-18H2,1-6H3,(H,24,26). The lowest BCUT2D eigenvalue weighted by Crippen LogP contribution is -2.43. The second kappa shape index (κ2) is 15.6. The summed E-state index contributed by atoms with van der Waals surface area (Å²) in [6.07, 6.45) is 11.0. The predicted molar refractivity (Wildman–Crippen MR) is 115 cm³/mol. The van der Waals surface area contributed by atoms with Gasteiger partial charge in [-0.1, -0.05) is 92.9 Å². The van der Waals surface area contributed by atoms with Gasteiger partial charge in [0, 0.05) is 0 Å². The third-order valence-electron chi connectivity index (χ3n) is 4.41. The summed E-state index contributed by atoms with van der Waals surface area (Å²) in [4.78, 5) is 24.3. The summed E-state index contributed by atoms with van der Waals surface area (Å²) >= 11 is 0. The monoisotopic (exact) mass is 399 g/mol. The van der Waals surface area contributed by atoms with Gasteiger partial charge in [0.05, 0.1) is 13.2 Å². The van der Waals surface area contributed by atoms with Crippen LogP contribution in [0.4, 0.5) is 4.79 Å². The topological polar surface area (TPSA) is 64.6 Å². The molecule has 0 aliphatic carbocycles. The van der Waals surface area contributed by atoms with Crippen LogP contribution in [0.5, 0.6) is 0 Å². The van der Waals surface area contributed by atoms with Gasteiger partial charge in [-0.3, -0.25) is 0 Å². The molecule has 166 valence electrons. The van der Waals surface area contributed by atoms with Crippen molar-refractivity contribution in [2.45, 2.75) is 112 Å². The van der Waals surface area contributed by atoms with Gasteiger partial charge in [-0.15, -0.1) is 0 Å². The third kappa shape index (κ3) is 16.9. The summed E-state index contributed by atoms with van der Waals surface area (Å²) in [5, 5.41) is 2.67. The van der Waals surface area contributed by atoms with Gasteiger partial charge in [0.25, 0.3) is 0 Å². The number of carbonyl (C=O) groups excluding carboxylic acids is 2. The number of amides is 1. The Hall–Kier alpha value is -1.26. The maximum atomic E-state index is 12.4. The van der Waals surface area contributed by atoms with E-state index in [2.05, 4.69) is 12.2 Å². The van der Waals surface area contributed by atoms with Crippen LogP contribution in [0.3, 0.4) is 0 Å². The fourth-order valence-corrected chi connectivity index (χ4v) is 2.84. The Bertz CT molecular complexity index is 415. The minimum atomic E-state index is -0.647. The number of hydrogen-bond donors (Lipinski definition) is 1. The van der Waals surface area contributed by atoms with E-state index in [-0.39, 0.29) is 17.3 Å². The van der Waals surface area contributed by atoms with Gasteiger partial charge in [0.1, 0.15) is 6.04 Å². The minimum Gasteiger partial charge on any atom is -0.464 e. The lowest BCUT2D eigenvalue weighted by Gasteiger charge is -2.22. The van der Waals surface area contributed by atoms with Gasteiger partial charge in [-0.05, 0) is 24.2 Å². The first-order valence-corrected chi connectivity index (χ1v) is 11.3. The van der Waals surface area contributed by atoms with E-state index in [0.717, 1.165) is 12.8 Å². The molecule has 1 amide bonds. The zero-order valence-electron chi connectivity index (χ0n) is 19.3. The Kier molecular flexibility index (Phi) is 14.9. The lowest BCUT2D eigenvalue weighted by molar-refractivity contribution is -0.146. The average molecular weight is 400 g/mol. The van der Waals surface area contributed by atoms with E-state index in [0.29, 0.717) is 19.6 Å². The van der Waals surface area contributed by atoms with Crippen molar-refractivity contribution >= 4 is 12.1 Å². The van der Waals surface area contributed by atoms with Crippen LogP contribution in [0, 0.1) is 11.3 Å². The molecule has 0 aromatic heterocycles. The molecule has 0 aliphatic rings. The fraction of sp³-hybridized carbons (Fsp3) is 0.913. The normalized spacial score (nSPS) is 12.7. The van der Waals surface area contributed by atoms with E-state index >= 15 is 0 Å². The molecule has 28 heavy (non-hydrogen) atoms. The molecule has 1 N–H and O–H groups in total. The van der Waals surface area contributed by atoms with Crippen molar-refractivity contribution in [2.24, 2.45) is 11.3 Å². The van der Waals surface area contributed by atoms with Crippen LogP contribution in [0.15, 0.2) is 0 Å². The molecule has 0 spiro atoms. The van der Waals surface area contributed by atoms with Crippen molar-refractivity contribution in [3.05, 3.63) is 0 Å². The van der Waals surface area contributed by atoms with Gasteiger partial charge in [0.15, 0.2) is 0 Å². The zero-order valence-corrected chi connectivity index (χ0v) is 19.3. The Morgan fingerprint density at radius 2 is 1.39 bits per heavy atom. The van der Waals surface area contributed by atoms with Crippen LogP contribution in [0.2, 0.25) is 0 Å². The number of esters is 1. The first-order valence-electron chi connectivity index (χ1n) is 11.3. The SMILES string of the molecule is CCCCCCCCCCCOC(=O)C(CC(C)C)NC(=O)OCC(C)(C)C. The molecular formula is C23H45NO4. The Morgan fingerprint density at radius 3 is 1.89 bits per heavy atom. The molecule has 0 aromatic rings. The van der Waals surface area contributed by atoms with Crippen LogP contribution < -0.4 is 5.32 Å². The number of nitrogens with one attached hydrogen (secondary N) is 1. The van der Waals surface area contributed by atoms with E-state index < -0.39 is 12.1 Å². The Labute approximate surface area is 173 Å². The quantitative estimate of drug-likeness (QED) is 0.261. The summed E-state index contributed by atoms with van der Waals surface area (Å²) in [5.41, 5.74) is -0.110. The number of ether oxygens (including phenoxy) is 2. The highest BCUT2D eigenvalue weighted by molar-refractivity contribution is 5.81. The first kappa shape index (κ1) is 26.7. The molecule has 0 saturated carbocycles. The molecule has 0 heterocycles. The minimum absolute atomic E-state index is 0.110. The average Bonchev–Trinajstić information content (AvgIpc) is 2.60. The van der Waals surface area contributed by atoms with Crippen LogP contribution in [0.1, 0.15) is 106 Å². The number of hydrogen-bond acceptors (Lipinski definition) is 4. The van der Waals surface area contributed by atoms with E-state index in [1.54, 1.807) is 0 Å². The predicted octanol–water partition coefficient (Wildman–Crippen LogP) is 6.25. The van der Waals surface area contributed by atoms with Crippen molar-refractivity contribution in [3.63, 3.8) is 0 Å². The summed E-state index contributed by atoms with van der Waals surface area (Å²) < 4.78 is 10.6. The number of carbonyl (C=O) groups is 2. The van der Waals surface area contributed by atoms with Crippen LogP contribution in [-0.2, 0) is 14.3 Å². The summed E-state index contributed by atoms with van der Waals surface area (Å²) in [6.45, 7) is 13.0. The van der Waals surface area contributed by atoms with Gasteiger partial charge in [-0.25, -0.2) is 9.59 Å². The molecule has 0 rings (SSSR count). The molecule has 1 unspecified atom stereocenters. The third-order valence-corrected chi connectivity index (χ3v) is 4.41. The highest BCUT2D eigenvalue weighted by Gasteiger charge is 2.24.